The SMILES string of the molecule is COc1cc(NC(=O)Cn2c(C)cc(C)c(S(=O)(=O)c3ccc(CC(C)C)cc3)c2=O)cc(OC)c1. The molecular weight excluding hydrogens is 480 g/mol. The predicted molar refractivity (Wildman–Crippen MR) is 139 cm³/mol. The maximum Gasteiger partial charge on any atom is 0.270 e. The van der Waals surface area contributed by atoms with E-state index in [2.05, 4.69) is 19.2 Å². The quantitative estimate of drug-likeness (QED) is 0.462. The molecule has 0 unspecified atom stereocenters. The fourth-order valence-electron chi connectivity index (χ4n) is 4.05. The number of rotatable bonds is 9. The number of hydrogen-bond donors (Lipinski definition) is 1. The Balaban J connectivity index is 1.94. The van der Waals surface area contributed by atoms with Gasteiger partial charge in [0.1, 0.15) is 22.9 Å². The zero-order valence-corrected chi connectivity index (χ0v) is 22.2. The third-order valence-corrected chi connectivity index (χ3v) is 7.66. The summed E-state index contributed by atoms with van der Waals surface area (Å²) in [6.45, 7) is 7.06. The summed E-state index contributed by atoms with van der Waals surface area (Å²) in [7, 11) is -1.10. The lowest BCUT2D eigenvalue weighted by Gasteiger charge is -2.16. The normalized spacial score (nSPS) is 11.4. The van der Waals surface area contributed by atoms with Gasteiger partial charge in [-0.2, -0.15) is 0 Å². The topological polar surface area (TPSA) is 104 Å². The van der Waals surface area contributed by atoms with E-state index in [9.17, 15) is 18.0 Å². The summed E-state index contributed by atoms with van der Waals surface area (Å²) in [5.74, 6) is 0.909. The van der Waals surface area contributed by atoms with Gasteiger partial charge in [-0.25, -0.2) is 8.42 Å². The molecule has 0 fully saturated rings. The second kappa shape index (κ2) is 11.0. The van der Waals surface area contributed by atoms with Crippen molar-refractivity contribution in [2.45, 2.75) is 50.5 Å². The molecule has 192 valence electrons. The molecule has 36 heavy (non-hydrogen) atoms. The van der Waals surface area contributed by atoms with Crippen molar-refractivity contribution in [3.63, 3.8) is 0 Å². The molecule has 0 saturated carbocycles. The van der Waals surface area contributed by atoms with Crippen molar-refractivity contribution >= 4 is 21.4 Å². The highest BCUT2D eigenvalue weighted by molar-refractivity contribution is 7.91. The van der Waals surface area contributed by atoms with Crippen molar-refractivity contribution in [1.82, 2.24) is 4.57 Å². The lowest BCUT2D eigenvalue weighted by molar-refractivity contribution is -0.116. The maximum atomic E-state index is 13.4. The van der Waals surface area contributed by atoms with Crippen LogP contribution >= 0.6 is 0 Å². The molecule has 1 N–H and O–H groups in total. The fraction of sp³-hybridized carbons (Fsp3) is 0.333. The van der Waals surface area contributed by atoms with Crippen molar-refractivity contribution < 1.29 is 22.7 Å². The van der Waals surface area contributed by atoms with Gasteiger partial charge in [-0.1, -0.05) is 26.0 Å². The molecule has 1 aromatic heterocycles. The lowest BCUT2D eigenvalue weighted by atomic mass is 10.0. The van der Waals surface area contributed by atoms with E-state index >= 15 is 0 Å². The van der Waals surface area contributed by atoms with E-state index in [1.165, 1.54) is 30.9 Å². The third kappa shape index (κ3) is 5.96. The first-order valence-electron chi connectivity index (χ1n) is 11.5. The van der Waals surface area contributed by atoms with Crippen LogP contribution in [-0.4, -0.2) is 33.1 Å². The Morgan fingerprint density at radius 3 is 2.08 bits per heavy atom. The monoisotopic (exact) mass is 512 g/mol. The molecule has 0 radical (unpaired) electrons. The Kier molecular flexibility index (Phi) is 8.24. The van der Waals surface area contributed by atoms with E-state index < -0.39 is 21.3 Å². The summed E-state index contributed by atoms with van der Waals surface area (Å²) in [6, 6.07) is 13.1. The zero-order chi connectivity index (χ0) is 26.6. The summed E-state index contributed by atoms with van der Waals surface area (Å²) in [6.07, 6.45) is 0.824. The fourth-order valence-corrected chi connectivity index (χ4v) is 5.60. The van der Waals surface area contributed by atoms with Crippen LogP contribution in [0.25, 0.3) is 0 Å². The number of nitrogens with zero attached hydrogens (tertiary/aromatic N) is 1. The molecule has 0 aliphatic heterocycles. The number of carbonyl (C=O) groups excluding carboxylic acids is 1. The average Bonchev–Trinajstić information content (AvgIpc) is 2.81. The van der Waals surface area contributed by atoms with Crippen LogP contribution in [0.1, 0.15) is 30.7 Å². The lowest BCUT2D eigenvalue weighted by Crippen LogP contribution is -2.33. The minimum absolute atomic E-state index is 0.0403. The van der Waals surface area contributed by atoms with Gasteiger partial charge in [-0.15, -0.1) is 0 Å². The van der Waals surface area contributed by atoms with Gasteiger partial charge in [0.05, 0.1) is 19.1 Å². The number of hydrogen-bond acceptors (Lipinski definition) is 6. The molecule has 2 aromatic carbocycles. The summed E-state index contributed by atoms with van der Waals surface area (Å²) in [5.41, 5.74) is 1.51. The summed E-state index contributed by atoms with van der Waals surface area (Å²) < 4.78 is 38.5. The number of aromatic nitrogens is 1. The van der Waals surface area contributed by atoms with Gasteiger partial charge < -0.3 is 19.4 Å². The molecule has 0 bridgehead atoms. The number of ether oxygens (including phenoxy) is 2. The first kappa shape index (κ1) is 27.0. The van der Waals surface area contributed by atoms with Gasteiger partial charge >= 0.3 is 0 Å². The van der Waals surface area contributed by atoms with Gasteiger partial charge in [0.15, 0.2) is 0 Å². The molecule has 3 aromatic rings. The maximum absolute atomic E-state index is 13.4. The van der Waals surface area contributed by atoms with Crippen LogP contribution in [0.2, 0.25) is 0 Å². The molecule has 3 rings (SSSR count). The van der Waals surface area contributed by atoms with Crippen LogP contribution in [0.4, 0.5) is 5.69 Å². The molecule has 1 heterocycles. The second-order valence-corrected chi connectivity index (χ2v) is 11.0. The zero-order valence-electron chi connectivity index (χ0n) is 21.4. The predicted octanol–water partition coefficient (Wildman–Crippen LogP) is 4.15. The van der Waals surface area contributed by atoms with Gasteiger partial charge in [0.2, 0.25) is 15.7 Å². The largest absolute Gasteiger partial charge is 0.497 e. The van der Waals surface area contributed by atoms with Crippen molar-refractivity contribution in [3.8, 4) is 11.5 Å². The highest BCUT2D eigenvalue weighted by Gasteiger charge is 2.26. The Morgan fingerprint density at radius 2 is 1.56 bits per heavy atom. The molecule has 8 nitrogen and oxygen atoms in total. The van der Waals surface area contributed by atoms with E-state index in [1.807, 2.05) is 0 Å². The van der Waals surface area contributed by atoms with Crippen molar-refractivity contribution in [2.24, 2.45) is 5.92 Å². The third-order valence-electron chi connectivity index (χ3n) is 5.73. The molecule has 0 spiro atoms. The Hall–Kier alpha value is -3.59. The highest BCUT2D eigenvalue weighted by Crippen LogP contribution is 2.26. The Morgan fingerprint density at radius 1 is 0.972 bits per heavy atom. The molecule has 0 aliphatic carbocycles. The van der Waals surface area contributed by atoms with E-state index in [1.54, 1.807) is 50.2 Å². The minimum Gasteiger partial charge on any atom is -0.497 e. The Labute approximate surface area is 211 Å². The van der Waals surface area contributed by atoms with Crippen molar-refractivity contribution in [2.75, 3.05) is 19.5 Å². The number of nitrogens with one attached hydrogen (secondary N) is 1. The van der Waals surface area contributed by atoms with Crippen LogP contribution in [-0.2, 0) is 27.6 Å². The van der Waals surface area contributed by atoms with Crippen LogP contribution in [0.15, 0.2) is 63.1 Å². The number of carbonyl (C=O) groups is 1. The van der Waals surface area contributed by atoms with Crippen LogP contribution < -0.4 is 20.3 Å². The number of sulfone groups is 1. The number of methoxy groups -OCH3 is 2. The standard InChI is InChI=1S/C27H32N2O6S/c1-17(2)11-20-7-9-24(10-8-20)36(32,33)26-18(3)12-19(4)29(27(26)31)16-25(30)28-21-13-22(34-5)15-23(14-21)35-6/h7-10,12-15,17H,11,16H2,1-6H3,(H,28,30). The number of pyridine rings is 1. The van der Waals surface area contributed by atoms with Gasteiger partial charge in [0.25, 0.3) is 5.56 Å². The summed E-state index contributed by atoms with van der Waals surface area (Å²) in [4.78, 5) is 25.9. The average molecular weight is 513 g/mol. The first-order chi connectivity index (χ1) is 17.0. The Bertz CT molecular complexity index is 1400. The van der Waals surface area contributed by atoms with E-state index in [-0.39, 0.29) is 16.3 Å². The van der Waals surface area contributed by atoms with Gasteiger partial charge in [0, 0.05) is 29.6 Å². The smallest absolute Gasteiger partial charge is 0.270 e. The molecular formula is C27H32N2O6S. The first-order valence-corrected chi connectivity index (χ1v) is 13.0. The molecule has 1 amide bonds. The molecule has 9 heteroatoms. The van der Waals surface area contributed by atoms with E-state index in [0.717, 1.165) is 12.0 Å². The number of aryl methyl sites for hydroxylation is 2. The number of benzene rings is 2. The van der Waals surface area contributed by atoms with E-state index in [0.29, 0.717) is 34.4 Å². The highest BCUT2D eigenvalue weighted by atomic mass is 32.2. The van der Waals surface area contributed by atoms with Gasteiger partial charge in [-0.05, 0) is 55.5 Å². The van der Waals surface area contributed by atoms with Crippen molar-refractivity contribution in [3.05, 3.63) is 75.7 Å². The molecule has 0 atom stereocenters. The van der Waals surface area contributed by atoms with Crippen LogP contribution in [0.3, 0.4) is 0 Å². The summed E-state index contributed by atoms with van der Waals surface area (Å²) >= 11 is 0. The number of amides is 1. The van der Waals surface area contributed by atoms with Crippen LogP contribution in [0.5, 0.6) is 11.5 Å². The summed E-state index contributed by atoms with van der Waals surface area (Å²) in [5, 5.41) is 2.71. The molecule has 0 aliphatic rings. The van der Waals surface area contributed by atoms with Crippen molar-refractivity contribution in [1.29, 1.82) is 0 Å². The van der Waals surface area contributed by atoms with Gasteiger partial charge in [-0.3, -0.25) is 9.59 Å². The second-order valence-electron chi connectivity index (χ2n) is 9.08. The number of anilines is 1. The molecule has 0 saturated heterocycles. The van der Waals surface area contributed by atoms with E-state index in [4.69, 9.17) is 9.47 Å². The van der Waals surface area contributed by atoms with Crippen LogP contribution in [0, 0.1) is 19.8 Å². The minimum atomic E-state index is -4.10.